The van der Waals surface area contributed by atoms with Gasteiger partial charge >= 0.3 is 0 Å². The summed E-state index contributed by atoms with van der Waals surface area (Å²) in [5, 5.41) is 0. The van der Waals surface area contributed by atoms with Gasteiger partial charge in [0.15, 0.2) is 12.1 Å². The number of hydrogen-bond acceptors (Lipinski definition) is 2. The number of nitrogens with one attached hydrogen (secondary N) is 1. The molecule has 1 radical (unpaired) electrons. The molecule has 0 unspecified atom stereocenters. The number of carbonyl (C=O) groups is 1. The summed E-state index contributed by atoms with van der Waals surface area (Å²) in [5.74, 6) is -0.510. The lowest BCUT2D eigenvalue weighted by atomic mass is 10.0. The van der Waals surface area contributed by atoms with Gasteiger partial charge in [-0.25, -0.2) is 9.37 Å². The molecular formula is C14H8FN2O. The Balaban J connectivity index is 2.03. The number of benzene rings is 2. The van der Waals surface area contributed by atoms with Gasteiger partial charge in [-0.1, -0.05) is 0 Å². The third-order valence-electron chi connectivity index (χ3n) is 2.73. The van der Waals surface area contributed by atoms with Crippen molar-refractivity contribution in [3.05, 3.63) is 65.7 Å². The van der Waals surface area contributed by atoms with Crippen LogP contribution in [0, 0.1) is 12.1 Å². The Kier molecular flexibility index (Phi) is 2.41. The Hall–Kier alpha value is -2.49. The summed E-state index contributed by atoms with van der Waals surface area (Å²) >= 11 is 0. The predicted molar refractivity (Wildman–Crippen MR) is 64.8 cm³/mol. The standard InChI is InChI=1S/C14H8FN2O/c15-11-4-1-9(2-5-11)14(18)10-3-6-12-13(7-10)17-8-16-12/h1-7H,(H,16,17). The highest BCUT2D eigenvalue weighted by Gasteiger charge is 2.10. The van der Waals surface area contributed by atoms with E-state index in [1.165, 1.54) is 24.3 Å². The lowest BCUT2D eigenvalue weighted by molar-refractivity contribution is 0.103. The highest BCUT2D eigenvalue weighted by molar-refractivity contribution is 6.10. The first kappa shape index (κ1) is 10.7. The van der Waals surface area contributed by atoms with Gasteiger partial charge in [0.05, 0.1) is 11.0 Å². The van der Waals surface area contributed by atoms with Gasteiger partial charge in [-0.3, -0.25) is 4.79 Å². The number of rotatable bonds is 2. The summed E-state index contributed by atoms with van der Waals surface area (Å²) in [7, 11) is 0. The summed E-state index contributed by atoms with van der Waals surface area (Å²) in [4.78, 5) is 19.0. The zero-order valence-corrected chi connectivity index (χ0v) is 9.27. The number of hydrogen-bond donors (Lipinski definition) is 1. The third kappa shape index (κ3) is 1.78. The molecular weight excluding hydrogens is 231 g/mol. The van der Waals surface area contributed by atoms with Crippen molar-refractivity contribution in [1.29, 1.82) is 0 Å². The van der Waals surface area contributed by atoms with Gasteiger partial charge in [-0.15, -0.1) is 0 Å². The summed E-state index contributed by atoms with van der Waals surface area (Å²) < 4.78 is 12.8. The second-order valence-electron chi connectivity index (χ2n) is 3.92. The van der Waals surface area contributed by atoms with Crippen LogP contribution in [0.3, 0.4) is 0 Å². The molecule has 3 aromatic rings. The van der Waals surface area contributed by atoms with Crippen LogP contribution in [0.2, 0.25) is 0 Å². The Morgan fingerprint density at radius 3 is 2.61 bits per heavy atom. The number of ketones is 1. The molecule has 3 nitrogen and oxygen atoms in total. The molecule has 0 amide bonds. The molecule has 1 aromatic heterocycles. The average molecular weight is 239 g/mol. The molecule has 0 aliphatic heterocycles. The van der Waals surface area contributed by atoms with E-state index in [9.17, 15) is 9.18 Å². The fourth-order valence-corrected chi connectivity index (χ4v) is 1.79. The monoisotopic (exact) mass is 239 g/mol. The van der Waals surface area contributed by atoms with Crippen LogP contribution in [0.1, 0.15) is 15.9 Å². The Morgan fingerprint density at radius 2 is 1.83 bits per heavy atom. The minimum Gasteiger partial charge on any atom is -0.335 e. The highest BCUT2D eigenvalue weighted by Crippen LogP contribution is 2.15. The predicted octanol–water partition coefficient (Wildman–Crippen LogP) is 2.73. The number of fused-ring (bicyclic) bond motifs is 1. The molecule has 0 atom stereocenters. The lowest BCUT2D eigenvalue weighted by Crippen LogP contribution is -2.01. The molecule has 4 heteroatoms. The molecule has 1 heterocycles. The van der Waals surface area contributed by atoms with Crippen LogP contribution in [0.4, 0.5) is 4.39 Å². The maximum absolute atomic E-state index is 12.8. The van der Waals surface area contributed by atoms with Crippen LogP contribution in [0.5, 0.6) is 0 Å². The van der Waals surface area contributed by atoms with Gasteiger partial charge in [-0.2, -0.15) is 0 Å². The fourth-order valence-electron chi connectivity index (χ4n) is 1.79. The maximum atomic E-state index is 12.8. The molecule has 18 heavy (non-hydrogen) atoms. The van der Waals surface area contributed by atoms with Crippen LogP contribution in [-0.4, -0.2) is 15.8 Å². The first-order valence-electron chi connectivity index (χ1n) is 5.40. The van der Waals surface area contributed by atoms with Crippen LogP contribution in [0.15, 0.2) is 42.5 Å². The molecule has 0 bridgehead atoms. The molecule has 3 rings (SSSR count). The first-order valence-corrected chi connectivity index (χ1v) is 5.40. The average Bonchev–Trinajstić information content (AvgIpc) is 2.86. The molecule has 0 saturated heterocycles. The highest BCUT2D eigenvalue weighted by atomic mass is 19.1. The molecule has 1 N–H and O–H groups in total. The number of aromatic amines is 1. The van der Waals surface area contributed by atoms with Gasteiger partial charge in [-0.05, 0) is 42.5 Å². The number of imidazole rings is 1. The zero-order valence-electron chi connectivity index (χ0n) is 9.27. The molecule has 0 aliphatic carbocycles. The van der Waals surface area contributed by atoms with Crippen LogP contribution in [-0.2, 0) is 0 Å². The summed E-state index contributed by atoms with van der Waals surface area (Å²) in [6.45, 7) is 0. The second-order valence-corrected chi connectivity index (χ2v) is 3.92. The number of aromatic nitrogens is 2. The van der Waals surface area contributed by atoms with E-state index in [0.29, 0.717) is 16.6 Å². The van der Waals surface area contributed by atoms with Gasteiger partial charge in [0, 0.05) is 11.1 Å². The van der Waals surface area contributed by atoms with E-state index in [0.717, 1.165) is 5.52 Å². The zero-order chi connectivity index (χ0) is 12.5. The number of nitrogens with zero attached hydrogens (tertiary/aromatic N) is 1. The molecule has 2 aromatic carbocycles. The van der Waals surface area contributed by atoms with E-state index in [4.69, 9.17) is 0 Å². The van der Waals surface area contributed by atoms with E-state index < -0.39 is 0 Å². The van der Waals surface area contributed by atoms with Crippen molar-refractivity contribution < 1.29 is 9.18 Å². The SMILES string of the molecule is O=C(c1ccc(F)cc1)c1ccc2[nH][c]nc2c1. The lowest BCUT2D eigenvalue weighted by Gasteiger charge is -2.01. The van der Waals surface area contributed by atoms with E-state index >= 15 is 0 Å². The Labute approximate surface area is 102 Å². The minimum atomic E-state index is -0.357. The normalized spacial score (nSPS) is 10.7. The van der Waals surface area contributed by atoms with Gasteiger partial charge < -0.3 is 4.98 Å². The number of carbonyl (C=O) groups excluding carboxylic acids is 1. The summed E-state index contributed by atoms with van der Waals surface area (Å²) in [5.41, 5.74) is 2.48. The number of halogens is 1. The molecule has 0 aliphatic rings. The van der Waals surface area contributed by atoms with E-state index in [1.807, 2.05) is 0 Å². The quantitative estimate of drug-likeness (QED) is 0.699. The largest absolute Gasteiger partial charge is 0.335 e. The third-order valence-corrected chi connectivity index (χ3v) is 2.73. The van der Waals surface area contributed by atoms with Crippen molar-refractivity contribution in [3.8, 4) is 0 Å². The molecule has 0 saturated carbocycles. The fraction of sp³-hybridized carbons (Fsp3) is 0. The molecule has 0 fully saturated rings. The van der Waals surface area contributed by atoms with Gasteiger partial charge in [0.1, 0.15) is 5.82 Å². The van der Waals surface area contributed by atoms with Crippen LogP contribution in [0.25, 0.3) is 11.0 Å². The maximum Gasteiger partial charge on any atom is 0.193 e. The smallest absolute Gasteiger partial charge is 0.193 e. The molecule has 87 valence electrons. The Morgan fingerprint density at radius 1 is 1.11 bits per heavy atom. The van der Waals surface area contributed by atoms with Crippen LogP contribution < -0.4 is 0 Å². The topological polar surface area (TPSA) is 45.8 Å². The summed E-state index contributed by atoms with van der Waals surface area (Å²) in [6.07, 6.45) is 2.62. The van der Waals surface area contributed by atoms with E-state index in [1.54, 1.807) is 18.2 Å². The Bertz CT molecular complexity index is 716. The van der Waals surface area contributed by atoms with Gasteiger partial charge in [0.2, 0.25) is 0 Å². The van der Waals surface area contributed by atoms with Crippen molar-refractivity contribution >= 4 is 16.8 Å². The van der Waals surface area contributed by atoms with Crippen LogP contribution >= 0.6 is 0 Å². The van der Waals surface area contributed by atoms with Crippen molar-refractivity contribution in [1.82, 2.24) is 9.97 Å². The van der Waals surface area contributed by atoms with Crippen molar-refractivity contribution in [2.45, 2.75) is 0 Å². The van der Waals surface area contributed by atoms with Crippen molar-refractivity contribution in [3.63, 3.8) is 0 Å². The van der Waals surface area contributed by atoms with E-state index in [2.05, 4.69) is 16.3 Å². The van der Waals surface area contributed by atoms with E-state index in [-0.39, 0.29) is 11.6 Å². The summed E-state index contributed by atoms with van der Waals surface area (Å²) in [6, 6.07) is 10.7. The molecule has 0 spiro atoms. The number of H-pyrrole nitrogens is 1. The van der Waals surface area contributed by atoms with Gasteiger partial charge in [0.25, 0.3) is 0 Å². The second kappa shape index (κ2) is 4.07. The first-order chi connectivity index (χ1) is 8.74. The minimum absolute atomic E-state index is 0.153. The van der Waals surface area contributed by atoms with Crippen molar-refractivity contribution in [2.75, 3.05) is 0 Å². The van der Waals surface area contributed by atoms with Crippen molar-refractivity contribution in [2.24, 2.45) is 0 Å².